The number of nitrogens with zero attached hydrogens (tertiary/aromatic N) is 3. The maximum atomic E-state index is 13.5. The van der Waals surface area contributed by atoms with Gasteiger partial charge >= 0.3 is 18.4 Å². The third kappa shape index (κ3) is 7.54. The second-order valence-corrected chi connectivity index (χ2v) is 13.7. The van der Waals surface area contributed by atoms with E-state index in [1.54, 1.807) is 37.4 Å². The Bertz CT molecular complexity index is 1500. The van der Waals surface area contributed by atoms with Gasteiger partial charge in [-0.1, -0.05) is 23.4 Å². The van der Waals surface area contributed by atoms with Crippen molar-refractivity contribution >= 4 is 76.0 Å². The number of nitrogens with one attached hydrogen (secondary N) is 2. The van der Waals surface area contributed by atoms with Crippen LogP contribution in [0.3, 0.4) is 0 Å². The van der Waals surface area contributed by atoms with Crippen LogP contribution < -0.4 is 22.1 Å². The number of carbonyl (C=O) groups excluding carboxylic acids is 5. The molecule has 3 heterocycles. The Hall–Kier alpha value is -3.93. The van der Waals surface area contributed by atoms with E-state index in [0.29, 0.717) is 0 Å². The van der Waals surface area contributed by atoms with Crippen LogP contribution in [0.1, 0.15) is 55.6 Å². The van der Waals surface area contributed by atoms with E-state index in [0.717, 1.165) is 37.0 Å². The summed E-state index contributed by atoms with van der Waals surface area (Å²) in [5.41, 5.74) is 11.4. The summed E-state index contributed by atoms with van der Waals surface area (Å²) in [4.78, 5) is 76.0. The van der Waals surface area contributed by atoms with Crippen LogP contribution in [-0.2, 0) is 33.5 Å². The average molecular weight is 696 g/mol. The van der Waals surface area contributed by atoms with Crippen molar-refractivity contribution in [2.24, 2.45) is 10.9 Å². The summed E-state index contributed by atoms with van der Waals surface area (Å²) in [5, 5.41) is 10.2. The van der Waals surface area contributed by atoms with E-state index in [4.69, 9.17) is 25.8 Å². The quantitative estimate of drug-likeness (QED) is 0.0855. The van der Waals surface area contributed by atoms with Gasteiger partial charge in [0.25, 0.3) is 5.91 Å². The number of β-lactam (4-membered cyclic amide) rings is 1. The standard InChI is InChI=1S/C28H33N7O8S2.ClH/c1-28(2)20(25(40)42-27(32-17(36)12-29)41-24(39)14-8-4-3-5-9-14)35-22(38)19(23(35)45-28)33-21(37)18(16-13-44-26(30)31-16)34-43-15-10-6-7-11-15;/h3-5,8-9,13,15,19-20,23,27H,6-7,10-12,29H2,1-2H3,(H2,30,31)(H,32,36)(H,33,37);1H/b34-18-;/t19-,20-,23+,27?;/m0./s1. The number of carbonyl (C=O) groups is 5. The molecule has 46 heavy (non-hydrogen) atoms. The maximum absolute atomic E-state index is 13.5. The highest BCUT2D eigenvalue weighted by Gasteiger charge is 2.65. The van der Waals surface area contributed by atoms with Crippen LogP contribution in [0.25, 0.3) is 0 Å². The summed E-state index contributed by atoms with van der Waals surface area (Å²) in [6.07, 6.45) is 1.73. The highest BCUT2D eigenvalue weighted by atomic mass is 35.5. The summed E-state index contributed by atoms with van der Waals surface area (Å²) in [6.45, 7) is 3.01. The SMILES string of the molecule is CC1(C)S[C@@H]2[C@@H](NC(=O)/C(=N\OC3CCCC3)c3csc(N)n3)C(=O)N2[C@H]1C(=O)OC(NC(=O)CN)OC(=O)c1ccccc1.Cl. The molecule has 3 amide bonds. The van der Waals surface area contributed by atoms with E-state index in [9.17, 15) is 24.0 Å². The lowest BCUT2D eigenvalue weighted by molar-refractivity contribution is -0.186. The number of rotatable bonds is 11. The van der Waals surface area contributed by atoms with Crippen molar-refractivity contribution in [3.63, 3.8) is 0 Å². The van der Waals surface area contributed by atoms with E-state index < -0.39 is 64.8 Å². The molecule has 1 aromatic carbocycles. The first kappa shape index (κ1) is 34.9. The van der Waals surface area contributed by atoms with Crippen molar-refractivity contribution in [2.45, 2.75) is 74.3 Å². The molecule has 3 fully saturated rings. The number of nitrogens with two attached hydrogens (primary N) is 2. The van der Waals surface area contributed by atoms with Crippen LogP contribution in [0.4, 0.5) is 5.13 Å². The number of amides is 3. The smallest absolute Gasteiger partial charge is 0.342 e. The van der Waals surface area contributed by atoms with Gasteiger partial charge in [0.05, 0.1) is 12.1 Å². The van der Waals surface area contributed by atoms with E-state index in [1.165, 1.54) is 28.8 Å². The maximum Gasteiger partial charge on any atom is 0.342 e. The number of thiazole rings is 1. The average Bonchev–Trinajstić information content (AvgIpc) is 3.74. The number of hydrogen-bond acceptors (Lipinski definition) is 14. The summed E-state index contributed by atoms with van der Waals surface area (Å²) < 4.78 is 9.76. The van der Waals surface area contributed by atoms with Crippen LogP contribution in [0.5, 0.6) is 0 Å². The molecule has 6 N–H and O–H groups in total. The van der Waals surface area contributed by atoms with Gasteiger partial charge in [-0.05, 0) is 51.7 Å². The molecule has 1 aromatic heterocycles. The Kier molecular flexibility index (Phi) is 11.1. The molecule has 248 valence electrons. The molecule has 2 aromatic rings. The van der Waals surface area contributed by atoms with Gasteiger partial charge < -0.3 is 36.0 Å². The fourth-order valence-electron chi connectivity index (χ4n) is 5.24. The van der Waals surface area contributed by atoms with Crippen molar-refractivity contribution < 1.29 is 38.3 Å². The Labute approximate surface area is 278 Å². The Morgan fingerprint density at radius 1 is 1.15 bits per heavy atom. The highest BCUT2D eigenvalue weighted by molar-refractivity contribution is 8.01. The molecule has 3 aliphatic rings. The van der Waals surface area contributed by atoms with Crippen molar-refractivity contribution in [3.8, 4) is 0 Å². The second-order valence-electron chi connectivity index (χ2n) is 11.0. The van der Waals surface area contributed by atoms with Crippen molar-refractivity contribution in [2.75, 3.05) is 12.3 Å². The first-order chi connectivity index (χ1) is 21.5. The highest BCUT2D eigenvalue weighted by Crippen LogP contribution is 2.51. The lowest BCUT2D eigenvalue weighted by Crippen LogP contribution is -2.71. The number of nitrogen functional groups attached to an aromatic ring is 1. The number of ether oxygens (including phenoxy) is 2. The van der Waals surface area contributed by atoms with Crippen LogP contribution >= 0.6 is 35.5 Å². The Morgan fingerprint density at radius 3 is 2.48 bits per heavy atom. The predicted molar refractivity (Wildman–Crippen MR) is 171 cm³/mol. The summed E-state index contributed by atoms with van der Waals surface area (Å²) in [5.74, 6) is -3.75. The molecule has 1 saturated carbocycles. The molecule has 2 saturated heterocycles. The number of benzene rings is 1. The van der Waals surface area contributed by atoms with Gasteiger partial charge in [0, 0.05) is 10.1 Å². The largest absolute Gasteiger partial charge is 0.404 e. The lowest BCUT2D eigenvalue weighted by atomic mass is 9.96. The van der Waals surface area contributed by atoms with E-state index >= 15 is 0 Å². The zero-order valence-electron chi connectivity index (χ0n) is 24.9. The van der Waals surface area contributed by atoms with Gasteiger partial charge in [0.2, 0.25) is 11.8 Å². The molecule has 18 heteroatoms. The normalized spacial score (nSPS) is 22.5. The number of halogens is 1. The first-order valence-corrected chi connectivity index (χ1v) is 16.0. The zero-order valence-corrected chi connectivity index (χ0v) is 27.3. The van der Waals surface area contributed by atoms with Gasteiger partial charge in [0.15, 0.2) is 10.8 Å². The minimum atomic E-state index is -1.81. The topological polar surface area (TPSA) is 218 Å². The number of anilines is 1. The molecule has 1 unspecified atom stereocenters. The van der Waals surface area contributed by atoms with Crippen molar-refractivity contribution in [3.05, 3.63) is 47.0 Å². The number of thioether (sulfide) groups is 1. The summed E-state index contributed by atoms with van der Waals surface area (Å²) in [6, 6.07) is 5.77. The lowest BCUT2D eigenvalue weighted by Gasteiger charge is -2.44. The number of esters is 2. The third-order valence-corrected chi connectivity index (χ3v) is 9.68. The minimum absolute atomic E-state index is 0. The van der Waals surface area contributed by atoms with Crippen LogP contribution in [0.2, 0.25) is 0 Å². The Morgan fingerprint density at radius 2 is 1.85 bits per heavy atom. The van der Waals surface area contributed by atoms with Crippen LogP contribution in [0.15, 0.2) is 40.9 Å². The number of aromatic nitrogens is 1. The van der Waals surface area contributed by atoms with Gasteiger partial charge in [-0.3, -0.25) is 19.7 Å². The third-order valence-electron chi connectivity index (χ3n) is 7.44. The predicted octanol–water partition coefficient (Wildman–Crippen LogP) is 1.12. The van der Waals surface area contributed by atoms with Crippen molar-refractivity contribution in [1.82, 2.24) is 20.5 Å². The van der Waals surface area contributed by atoms with E-state index in [1.807, 2.05) is 0 Å². The fourth-order valence-corrected chi connectivity index (χ4v) is 7.41. The molecule has 15 nitrogen and oxygen atoms in total. The first-order valence-electron chi connectivity index (χ1n) is 14.2. The van der Waals surface area contributed by atoms with Crippen LogP contribution in [0, 0.1) is 0 Å². The van der Waals surface area contributed by atoms with E-state index in [-0.39, 0.29) is 40.6 Å². The Balaban J connectivity index is 0.00000480. The molecular formula is C28H34ClN7O8S2. The molecule has 0 radical (unpaired) electrons. The second kappa shape index (κ2) is 14.7. The molecule has 0 bridgehead atoms. The van der Waals surface area contributed by atoms with Gasteiger partial charge in [-0.25, -0.2) is 14.6 Å². The zero-order chi connectivity index (χ0) is 32.3. The number of oxime groups is 1. The molecule has 2 aliphatic heterocycles. The molecule has 1 aliphatic carbocycles. The molecule has 4 atom stereocenters. The monoisotopic (exact) mass is 695 g/mol. The fraction of sp³-hybridized carbons (Fsp3) is 0.464. The molecular weight excluding hydrogens is 662 g/mol. The van der Waals surface area contributed by atoms with Gasteiger partial charge in [-0.15, -0.1) is 35.5 Å². The van der Waals surface area contributed by atoms with Crippen molar-refractivity contribution in [1.29, 1.82) is 0 Å². The molecule has 0 spiro atoms. The van der Waals surface area contributed by atoms with E-state index in [2.05, 4.69) is 20.8 Å². The van der Waals surface area contributed by atoms with Gasteiger partial charge in [-0.2, -0.15) is 0 Å². The number of fused-ring (bicyclic) bond motifs is 1. The minimum Gasteiger partial charge on any atom is -0.404 e. The van der Waals surface area contributed by atoms with Gasteiger partial charge in [0.1, 0.15) is 29.3 Å². The van der Waals surface area contributed by atoms with Crippen LogP contribution in [-0.4, -0.2) is 86.5 Å². The number of hydrogen-bond donors (Lipinski definition) is 4. The molecule has 5 rings (SSSR count). The summed E-state index contributed by atoms with van der Waals surface area (Å²) >= 11 is 2.41. The summed E-state index contributed by atoms with van der Waals surface area (Å²) in [7, 11) is 0.